The van der Waals surface area contributed by atoms with E-state index >= 15 is 0 Å². The van der Waals surface area contributed by atoms with Gasteiger partial charge in [-0.2, -0.15) is 55.6 Å². The normalized spacial score (nSPS) is 8.32. The van der Waals surface area contributed by atoms with Crippen LogP contribution in [0.2, 0.25) is 0 Å². The van der Waals surface area contributed by atoms with Gasteiger partial charge in [0.2, 0.25) is 0 Å². The minimum absolute atomic E-state index is 0. The van der Waals surface area contributed by atoms with Crippen molar-refractivity contribution in [2.45, 2.75) is 69.2 Å². The van der Waals surface area contributed by atoms with Crippen LogP contribution in [0.4, 0.5) is 0 Å². The first kappa shape index (κ1) is 95.7. The fourth-order valence-corrected chi connectivity index (χ4v) is 12.6. The summed E-state index contributed by atoms with van der Waals surface area (Å²) in [7, 11) is -1.75. The molecule has 0 N–H and O–H groups in total. The Balaban J connectivity index is -0.0000000883. The predicted octanol–water partition coefficient (Wildman–Crippen LogP) is 10.8. The van der Waals surface area contributed by atoms with Crippen LogP contribution in [0.1, 0.15) is 55.6 Å². The minimum Gasteiger partial charge on any atom is -0.813 e. The zero-order valence-corrected chi connectivity index (χ0v) is 59.9. The van der Waals surface area contributed by atoms with Gasteiger partial charge < -0.3 is 105 Å². The van der Waals surface area contributed by atoms with Crippen molar-refractivity contribution < 1.29 is 110 Å². The standard InChI is InChI=1S/2C18H15P.2C10H15.2CN.4Cu.6H2S.2W/c2*1-4-10-16(11-5-1)19(17-12-6-2-7-13-17)18-14-8-3-9-15-18;2*1-6-7(2)9(4)10(5)8(6)3;2*1-2;;;;;;;;;;;;/h2*1-15H;2*1-5H3;;;;;;;6*1H2;;/q;;4*-1;;;2*+1;;;;;;;;/p-4. The topological polar surface area (TPSA) is 47.6 Å². The molecule has 0 spiro atoms. The maximum Gasteiger partial charge on any atom is 1.00 e. The molecule has 16 heteroatoms. The second kappa shape index (κ2) is 53.1. The van der Waals surface area contributed by atoms with Crippen LogP contribution in [0, 0.1) is 92.9 Å². The Labute approximate surface area is 562 Å². The zero-order chi connectivity index (χ0) is 45.6. The maximum atomic E-state index is 6.25. The van der Waals surface area contributed by atoms with E-state index in [-0.39, 0.29) is 191 Å². The van der Waals surface area contributed by atoms with Gasteiger partial charge >= 0.3 is 34.1 Å². The van der Waals surface area contributed by atoms with Crippen LogP contribution >= 0.6 is 15.8 Å². The molecular weight excluding hydrogens is 1600 g/mol. The summed E-state index contributed by atoms with van der Waals surface area (Å²) < 4.78 is 0. The third-order valence-corrected chi connectivity index (χ3v) is 17.5. The molecule has 0 aliphatic rings. The van der Waals surface area contributed by atoms with Crippen LogP contribution in [0.5, 0.6) is 0 Å². The van der Waals surface area contributed by atoms with Crippen molar-refractivity contribution in [1.29, 1.82) is 10.5 Å². The van der Waals surface area contributed by atoms with Crippen molar-refractivity contribution in [2.75, 3.05) is 0 Å². The van der Waals surface area contributed by atoms with Crippen molar-refractivity contribution in [1.82, 2.24) is 0 Å². The van der Waals surface area contributed by atoms with Gasteiger partial charge in [-0.3, -0.25) is 0 Å². The quantitative estimate of drug-likeness (QED) is 0.0537. The first-order valence-corrected chi connectivity index (χ1v) is 23.9. The summed E-state index contributed by atoms with van der Waals surface area (Å²) in [6.07, 6.45) is 0. The minimum atomic E-state index is -0.877. The number of thiol groups is 6. The summed E-state index contributed by atoms with van der Waals surface area (Å²) in [6, 6.07) is 65.0. The molecular formula is C58H68Cu4N2P2S6W2-6. The number of nitrogens with zero attached hydrogens (tertiary/aromatic N) is 2. The Morgan fingerprint density at radius 1 is 0.284 bits per heavy atom. The summed E-state index contributed by atoms with van der Waals surface area (Å²) in [4.78, 5) is 0. The molecule has 0 amide bonds. The SMILES string of the molecule is Cc1c(C)c(C)[c-](C)c1C.Cc1c(C)c(C)[c-](C)c1C.[C-]#N.[C-]#N.[Cu+].[Cu+].[Cu].[Cu].[SH-].[SH-].[SH-].[SH-].[SH-].[SH-].[W].[W].c1ccc([PH+](c2ccccc2)c2ccccc2)cc1.c1ccc([PH+](c2ccccc2)c2ccccc2)cc1. The van der Waals surface area contributed by atoms with Crippen molar-refractivity contribution in [3.8, 4) is 0 Å². The van der Waals surface area contributed by atoms with Crippen LogP contribution in [0.3, 0.4) is 0 Å². The van der Waals surface area contributed by atoms with Gasteiger partial charge in [-0.15, -0.1) is 0 Å². The Bertz CT molecular complexity index is 2050. The van der Waals surface area contributed by atoms with E-state index in [4.69, 9.17) is 23.7 Å². The summed E-state index contributed by atoms with van der Waals surface area (Å²) in [6.45, 7) is 31.5. The molecule has 8 rings (SSSR count). The van der Waals surface area contributed by atoms with Gasteiger partial charge in [0.05, 0.1) is 15.8 Å². The van der Waals surface area contributed by atoms with Crippen molar-refractivity contribution in [3.63, 3.8) is 0 Å². The Morgan fingerprint density at radius 3 is 0.473 bits per heavy atom. The molecule has 0 heterocycles. The molecule has 2 nitrogen and oxygen atoms in total. The molecule has 74 heavy (non-hydrogen) atoms. The van der Waals surface area contributed by atoms with Gasteiger partial charge in [-0.1, -0.05) is 178 Å². The second-order valence-corrected chi connectivity index (χ2v) is 20.2. The number of hydrogen-bond acceptors (Lipinski definition) is 8. The molecule has 2 radical (unpaired) electrons. The van der Waals surface area contributed by atoms with Gasteiger partial charge in [0, 0.05) is 76.3 Å². The molecule has 418 valence electrons. The van der Waals surface area contributed by atoms with Gasteiger partial charge in [0.25, 0.3) is 0 Å². The molecule has 0 atom stereocenters. The third kappa shape index (κ3) is 28.5. The zero-order valence-electron chi connectivity index (χ0n) is 42.9. The molecule has 8 aromatic rings. The Morgan fingerprint density at radius 2 is 0.392 bits per heavy atom. The van der Waals surface area contributed by atoms with E-state index in [1.807, 2.05) is 0 Å². The Kier molecular flexibility index (Phi) is 68.7. The van der Waals surface area contributed by atoms with Gasteiger partial charge in [-0.05, 0) is 72.8 Å². The monoisotopic (exact) mass is 1670 g/mol. The molecule has 0 aliphatic heterocycles. The molecule has 0 fully saturated rings. The fraction of sp³-hybridized carbons (Fsp3) is 0.172. The predicted molar refractivity (Wildman–Crippen MR) is 327 cm³/mol. The first-order chi connectivity index (χ1) is 30.0. The van der Waals surface area contributed by atoms with Crippen LogP contribution in [0.25, 0.3) is 0 Å². The van der Waals surface area contributed by atoms with E-state index in [0.29, 0.717) is 0 Å². The van der Waals surface area contributed by atoms with Gasteiger partial charge in [0.1, 0.15) is 31.8 Å². The summed E-state index contributed by atoms with van der Waals surface area (Å²) in [5.74, 6) is 0. The molecule has 8 aromatic carbocycles. The van der Waals surface area contributed by atoms with Crippen molar-refractivity contribution in [3.05, 3.63) is 251 Å². The van der Waals surface area contributed by atoms with Gasteiger partial charge in [-0.25, -0.2) is 0 Å². The first-order valence-electron chi connectivity index (χ1n) is 20.9. The molecule has 0 aliphatic carbocycles. The van der Waals surface area contributed by atoms with Crippen molar-refractivity contribution >= 4 is 129 Å². The van der Waals surface area contributed by atoms with E-state index in [0.717, 1.165) is 0 Å². The maximum absolute atomic E-state index is 6.25. The van der Waals surface area contributed by atoms with E-state index in [2.05, 4.69) is 251 Å². The van der Waals surface area contributed by atoms with Crippen LogP contribution in [0.15, 0.2) is 182 Å². The Hall–Kier alpha value is -0.585. The molecule has 0 saturated heterocycles. The molecule has 0 aromatic heterocycles. The third-order valence-electron chi connectivity index (χ3n) is 12.0. The largest absolute Gasteiger partial charge is 1.00 e. The molecule has 0 saturated carbocycles. The molecule has 0 bridgehead atoms. The van der Waals surface area contributed by atoms with Crippen LogP contribution < -0.4 is 31.8 Å². The summed E-state index contributed by atoms with van der Waals surface area (Å²) in [5.41, 5.74) is 14.7. The van der Waals surface area contributed by atoms with E-state index in [1.54, 1.807) is 0 Å². The van der Waals surface area contributed by atoms with E-state index < -0.39 is 15.8 Å². The van der Waals surface area contributed by atoms with Gasteiger partial charge in [0.15, 0.2) is 0 Å². The van der Waals surface area contributed by atoms with E-state index in [1.165, 1.54) is 87.5 Å². The number of rotatable bonds is 6. The average molecular weight is 1670 g/mol. The van der Waals surface area contributed by atoms with Crippen molar-refractivity contribution in [2.24, 2.45) is 0 Å². The molecule has 0 unspecified atom stereocenters. The summed E-state index contributed by atoms with van der Waals surface area (Å²) >= 11 is 0. The second-order valence-electron chi connectivity index (χ2n) is 15.2. The smallest absolute Gasteiger partial charge is 0.813 e. The number of hydrogen-bond donors (Lipinski definition) is 0. The average Bonchev–Trinajstić information content (AvgIpc) is 3.62. The van der Waals surface area contributed by atoms with Crippen LogP contribution in [-0.2, 0) is 191 Å². The summed E-state index contributed by atoms with van der Waals surface area (Å²) in [5, 5.41) is 21.1. The van der Waals surface area contributed by atoms with E-state index in [9.17, 15) is 0 Å². The number of benzene rings is 6. The van der Waals surface area contributed by atoms with Crippen LogP contribution in [-0.4, -0.2) is 0 Å². The fourth-order valence-electron chi connectivity index (χ4n) is 7.44.